The number of thiophene rings is 1. The van der Waals surface area contributed by atoms with Crippen molar-refractivity contribution < 1.29 is 4.74 Å². The van der Waals surface area contributed by atoms with Crippen molar-refractivity contribution in [2.75, 3.05) is 39.9 Å². The SMILES string of the molecule is COCCCNC(=NCc1nnc(C)n1C)NCC(c1cccs1)N1CCCC1. The maximum Gasteiger partial charge on any atom is 0.191 e. The number of hydrogen-bond donors (Lipinski definition) is 2. The minimum Gasteiger partial charge on any atom is -0.385 e. The topological polar surface area (TPSA) is 79.6 Å². The van der Waals surface area contributed by atoms with Crippen LogP contribution in [-0.4, -0.2) is 65.5 Å². The second kappa shape index (κ2) is 11.3. The van der Waals surface area contributed by atoms with Crippen molar-refractivity contribution in [2.45, 2.75) is 38.8 Å². The van der Waals surface area contributed by atoms with E-state index in [9.17, 15) is 0 Å². The Bertz CT molecular complexity index is 753. The van der Waals surface area contributed by atoms with E-state index in [1.807, 2.05) is 29.9 Å². The highest BCUT2D eigenvalue weighted by atomic mass is 32.1. The van der Waals surface area contributed by atoms with Crippen molar-refractivity contribution in [3.8, 4) is 0 Å². The normalized spacial score (nSPS) is 16.3. The Hall–Kier alpha value is -1.97. The lowest BCUT2D eigenvalue weighted by Crippen LogP contribution is -2.43. The zero-order valence-corrected chi connectivity index (χ0v) is 18.5. The van der Waals surface area contributed by atoms with Gasteiger partial charge in [0.05, 0.1) is 6.04 Å². The summed E-state index contributed by atoms with van der Waals surface area (Å²) in [6, 6.07) is 4.75. The number of nitrogens with one attached hydrogen (secondary N) is 2. The number of ether oxygens (including phenoxy) is 1. The van der Waals surface area contributed by atoms with Gasteiger partial charge in [0.15, 0.2) is 11.8 Å². The van der Waals surface area contributed by atoms with Crippen LogP contribution in [0, 0.1) is 6.92 Å². The lowest BCUT2D eigenvalue weighted by Gasteiger charge is -2.27. The summed E-state index contributed by atoms with van der Waals surface area (Å²) < 4.78 is 7.14. The van der Waals surface area contributed by atoms with Gasteiger partial charge in [-0.3, -0.25) is 4.90 Å². The molecule has 1 fully saturated rings. The molecule has 2 aromatic heterocycles. The quantitative estimate of drug-likeness (QED) is 0.349. The Balaban J connectivity index is 1.65. The average Bonchev–Trinajstić information content (AvgIpc) is 3.49. The lowest BCUT2D eigenvalue weighted by molar-refractivity contribution is 0.195. The number of aliphatic imine (C=N–C) groups is 1. The molecule has 1 atom stereocenters. The number of hydrogen-bond acceptors (Lipinski definition) is 6. The lowest BCUT2D eigenvalue weighted by atomic mass is 10.2. The van der Waals surface area contributed by atoms with Crippen molar-refractivity contribution in [1.29, 1.82) is 0 Å². The van der Waals surface area contributed by atoms with Crippen LogP contribution in [0.2, 0.25) is 0 Å². The number of methoxy groups -OCH3 is 1. The fourth-order valence-corrected chi connectivity index (χ4v) is 4.33. The monoisotopic (exact) mass is 419 g/mol. The van der Waals surface area contributed by atoms with Crippen molar-refractivity contribution in [1.82, 2.24) is 30.3 Å². The Labute approximate surface area is 177 Å². The first-order valence-corrected chi connectivity index (χ1v) is 11.2. The highest BCUT2D eigenvalue weighted by molar-refractivity contribution is 7.10. The first kappa shape index (κ1) is 21.7. The van der Waals surface area contributed by atoms with Gasteiger partial charge >= 0.3 is 0 Å². The van der Waals surface area contributed by atoms with E-state index in [1.165, 1.54) is 17.7 Å². The standard InChI is InChI=1S/C20H33N7OS/c1-16-24-25-19(26(16)2)15-23-20(21-9-7-12-28-3)22-14-17(18-8-6-13-29-18)27-10-4-5-11-27/h6,8,13,17H,4-5,7,9-12,14-15H2,1-3H3,(H2,21,22,23). The van der Waals surface area contributed by atoms with Gasteiger partial charge in [0.2, 0.25) is 0 Å². The van der Waals surface area contributed by atoms with Crippen LogP contribution in [0.1, 0.15) is 41.8 Å². The summed E-state index contributed by atoms with van der Waals surface area (Å²) in [5.74, 6) is 2.56. The Morgan fingerprint density at radius 3 is 2.79 bits per heavy atom. The fraction of sp³-hybridized carbons (Fsp3) is 0.650. The fourth-order valence-electron chi connectivity index (χ4n) is 3.47. The van der Waals surface area contributed by atoms with Crippen LogP contribution in [0.25, 0.3) is 0 Å². The summed E-state index contributed by atoms with van der Waals surface area (Å²) in [5.41, 5.74) is 0. The molecule has 0 spiro atoms. The van der Waals surface area contributed by atoms with E-state index in [-0.39, 0.29) is 0 Å². The van der Waals surface area contributed by atoms with Crippen molar-refractivity contribution in [2.24, 2.45) is 12.0 Å². The zero-order valence-electron chi connectivity index (χ0n) is 17.7. The molecule has 29 heavy (non-hydrogen) atoms. The second-order valence-electron chi connectivity index (χ2n) is 7.32. The number of nitrogens with zero attached hydrogens (tertiary/aromatic N) is 5. The summed E-state index contributed by atoms with van der Waals surface area (Å²) in [4.78, 5) is 8.74. The van der Waals surface area contributed by atoms with Crippen LogP contribution in [0.15, 0.2) is 22.5 Å². The molecule has 9 heteroatoms. The molecule has 160 valence electrons. The predicted molar refractivity (Wildman–Crippen MR) is 117 cm³/mol. The van der Waals surface area contributed by atoms with Gasteiger partial charge in [0.1, 0.15) is 12.4 Å². The van der Waals surface area contributed by atoms with E-state index >= 15 is 0 Å². The third kappa shape index (κ3) is 6.25. The average molecular weight is 420 g/mol. The summed E-state index contributed by atoms with van der Waals surface area (Å²) >= 11 is 1.83. The van der Waals surface area contributed by atoms with Gasteiger partial charge in [-0.1, -0.05) is 6.07 Å². The molecule has 8 nitrogen and oxygen atoms in total. The molecule has 1 saturated heterocycles. The minimum absolute atomic E-state index is 0.376. The summed E-state index contributed by atoms with van der Waals surface area (Å²) in [7, 11) is 3.70. The van der Waals surface area contributed by atoms with E-state index in [1.54, 1.807) is 7.11 Å². The van der Waals surface area contributed by atoms with Crippen molar-refractivity contribution in [3.05, 3.63) is 34.0 Å². The minimum atomic E-state index is 0.376. The molecule has 0 aromatic carbocycles. The molecule has 0 bridgehead atoms. The van der Waals surface area contributed by atoms with Gasteiger partial charge in [0, 0.05) is 38.7 Å². The summed E-state index contributed by atoms with van der Waals surface area (Å²) in [6.45, 7) is 7.13. The van der Waals surface area contributed by atoms with Crippen LogP contribution in [-0.2, 0) is 18.3 Å². The first-order chi connectivity index (χ1) is 14.2. The Morgan fingerprint density at radius 2 is 2.14 bits per heavy atom. The van der Waals surface area contributed by atoms with Crippen LogP contribution >= 0.6 is 11.3 Å². The third-order valence-corrected chi connectivity index (χ3v) is 6.27. The van der Waals surface area contributed by atoms with E-state index in [2.05, 4.69) is 43.2 Å². The second-order valence-corrected chi connectivity index (χ2v) is 8.29. The van der Waals surface area contributed by atoms with E-state index < -0.39 is 0 Å². The molecule has 1 unspecified atom stereocenters. The third-order valence-electron chi connectivity index (χ3n) is 5.29. The van der Waals surface area contributed by atoms with E-state index in [4.69, 9.17) is 9.73 Å². The van der Waals surface area contributed by atoms with Crippen molar-refractivity contribution in [3.63, 3.8) is 0 Å². The molecule has 1 aliphatic rings. The van der Waals surface area contributed by atoms with Crippen LogP contribution < -0.4 is 10.6 Å². The van der Waals surface area contributed by atoms with Crippen LogP contribution in [0.3, 0.4) is 0 Å². The number of rotatable bonds is 10. The predicted octanol–water partition coefficient (Wildman–Crippen LogP) is 2.09. The molecule has 3 rings (SSSR count). The molecule has 0 amide bonds. The molecule has 2 N–H and O–H groups in total. The number of aryl methyl sites for hydroxylation is 1. The molecule has 1 aliphatic heterocycles. The Kier molecular flexibility index (Phi) is 8.45. The number of guanidine groups is 1. The largest absolute Gasteiger partial charge is 0.385 e. The van der Waals surface area contributed by atoms with Gasteiger partial charge in [-0.05, 0) is 50.7 Å². The molecular formula is C20H33N7OS. The smallest absolute Gasteiger partial charge is 0.191 e. The van der Waals surface area contributed by atoms with Crippen LogP contribution in [0.5, 0.6) is 0 Å². The van der Waals surface area contributed by atoms with Crippen LogP contribution in [0.4, 0.5) is 0 Å². The van der Waals surface area contributed by atoms with E-state index in [0.717, 1.165) is 56.8 Å². The first-order valence-electron chi connectivity index (χ1n) is 10.3. The molecule has 0 saturated carbocycles. The van der Waals surface area contributed by atoms with Gasteiger partial charge in [-0.2, -0.15) is 0 Å². The molecule has 0 radical (unpaired) electrons. The molecule has 2 aromatic rings. The molecule has 3 heterocycles. The number of aromatic nitrogens is 3. The number of likely N-dealkylation sites (tertiary alicyclic amines) is 1. The Morgan fingerprint density at radius 1 is 1.31 bits per heavy atom. The highest BCUT2D eigenvalue weighted by Crippen LogP contribution is 2.27. The van der Waals surface area contributed by atoms with E-state index in [0.29, 0.717) is 12.6 Å². The maximum atomic E-state index is 5.16. The zero-order chi connectivity index (χ0) is 20.5. The highest BCUT2D eigenvalue weighted by Gasteiger charge is 2.24. The van der Waals surface area contributed by atoms with Gasteiger partial charge < -0.3 is 19.9 Å². The van der Waals surface area contributed by atoms with Crippen molar-refractivity contribution >= 4 is 17.3 Å². The van der Waals surface area contributed by atoms with Gasteiger partial charge in [-0.25, -0.2) is 4.99 Å². The summed E-state index contributed by atoms with van der Waals surface area (Å²) in [5, 5.41) is 17.5. The maximum absolute atomic E-state index is 5.16. The molecular weight excluding hydrogens is 386 g/mol. The summed E-state index contributed by atoms with van der Waals surface area (Å²) in [6.07, 6.45) is 3.49. The van der Waals surface area contributed by atoms with Gasteiger partial charge in [-0.15, -0.1) is 21.5 Å². The molecule has 0 aliphatic carbocycles. The van der Waals surface area contributed by atoms with Gasteiger partial charge in [0.25, 0.3) is 0 Å².